The maximum Gasteiger partial charge on any atom is 0.315 e. The van der Waals surface area contributed by atoms with Crippen LogP contribution in [0.3, 0.4) is 0 Å². The summed E-state index contributed by atoms with van der Waals surface area (Å²) in [6.45, 7) is 3.26. The minimum atomic E-state index is -0.0716. The van der Waals surface area contributed by atoms with E-state index in [1.807, 2.05) is 72.6 Å². The first-order valence-corrected chi connectivity index (χ1v) is 13.2. The van der Waals surface area contributed by atoms with Gasteiger partial charge >= 0.3 is 6.03 Å². The Morgan fingerprint density at radius 2 is 1.47 bits per heavy atom. The Bertz CT molecular complexity index is 1190. The van der Waals surface area contributed by atoms with E-state index in [1.54, 1.807) is 4.68 Å². The molecule has 5 rings (SSSR count). The number of para-hydroxylation sites is 1. The van der Waals surface area contributed by atoms with Gasteiger partial charge in [0.25, 0.3) is 5.91 Å². The van der Waals surface area contributed by atoms with Gasteiger partial charge in [-0.3, -0.25) is 4.79 Å². The summed E-state index contributed by atoms with van der Waals surface area (Å²) >= 11 is 0. The first-order chi connectivity index (χ1) is 17.6. The molecule has 0 spiro atoms. The Morgan fingerprint density at radius 1 is 0.833 bits per heavy atom. The van der Waals surface area contributed by atoms with Gasteiger partial charge in [0.2, 0.25) is 0 Å². The summed E-state index contributed by atoms with van der Waals surface area (Å²) in [6.07, 6.45) is 9.13. The zero-order valence-electron chi connectivity index (χ0n) is 21.0. The van der Waals surface area contributed by atoms with Crippen LogP contribution in [-0.4, -0.2) is 51.8 Å². The van der Waals surface area contributed by atoms with Crippen molar-refractivity contribution in [3.05, 3.63) is 71.9 Å². The van der Waals surface area contributed by atoms with Crippen molar-refractivity contribution >= 4 is 11.9 Å². The molecular weight excluding hydrogens is 450 g/mol. The summed E-state index contributed by atoms with van der Waals surface area (Å²) in [5.74, 6) is -0.0134. The highest BCUT2D eigenvalue weighted by atomic mass is 16.2. The third-order valence-corrected chi connectivity index (χ3v) is 7.42. The van der Waals surface area contributed by atoms with Gasteiger partial charge in [0.15, 0.2) is 0 Å². The molecule has 3 amide bonds. The zero-order chi connectivity index (χ0) is 24.9. The molecule has 7 heteroatoms. The fraction of sp³-hybridized carbons (Fsp3) is 0.414. The smallest absolute Gasteiger partial charge is 0.315 e. The fourth-order valence-electron chi connectivity index (χ4n) is 5.34. The summed E-state index contributed by atoms with van der Waals surface area (Å²) in [5, 5.41) is 11.1. The standard InChI is InChI=1S/C29H35N5O2/c1-21-10-8-9-15-25(21)27-26(20-34(32-27)24-13-6-3-7-14-24)28(35)33-18-16-23(17-19-33)31-29(36)30-22-11-4-2-5-12-22/h3,6-10,13-15,20,22-23H,2,4-5,11-12,16-19H2,1H3,(H2,30,31,36). The maximum atomic E-state index is 13.7. The van der Waals surface area contributed by atoms with E-state index in [4.69, 9.17) is 5.10 Å². The number of nitrogens with zero attached hydrogens (tertiary/aromatic N) is 3. The van der Waals surface area contributed by atoms with Gasteiger partial charge in [-0.2, -0.15) is 5.10 Å². The third-order valence-electron chi connectivity index (χ3n) is 7.42. The van der Waals surface area contributed by atoms with Crippen molar-refractivity contribution < 1.29 is 9.59 Å². The number of aromatic nitrogens is 2. The van der Waals surface area contributed by atoms with Crippen molar-refractivity contribution in [2.45, 2.75) is 64.0 Å². The van der Waals surface area contributed by atoms with E-state index in [0.717, 1.165) is 42.5 Å². The van der Waals surface area contributed by atoms with Crippen LogP contribution in [0.4, 0.5) is 4.79 Å². The lowest BCUT2D eigenvalue weighted by Crippen LogP contribution is -2.51. The SMILES string of the molecule is Cc1ccccc1-c1nn(-c2ccccc2)cc1C(=O)N1CCC(NC(=O)NC2CCCCC2)CC1. The van der Waals surface area contributed by atoms with Crippen molar-refractivity contribution in [1.82, 2.24) is 25.3 Å². The lowest BCUT2D eigenvalue weighted by molar-refractivity contribution is 0.0709. The number of nitrogens with one attached hydrogen (secondary N) is 2. The number of carbonyl (C=O) groups excluding carboxylic acids is 2. The Balaban J connectivity index is 1.28. The summed E-state index contributed by atoms with van der Waals surface area (Å²) < 4.78 is 1.79. The number of benzene rings is 2. The Labute approximate surface area is 212 Å². The van der Waals surface area contributed by atoms with Gasteiger partial charge in [-0.1, -0.05) is 61.7 Å². The zero-order valence-corrected chi connectivity index (χ0v) is 21.0. The first-order valence-electron chi connectivity index (χ1n) is 13.2. The quantitative estimate of drug-likeness (QED) is 0.529. The van der Waals surface area contributed by atoms with Gasteiger partial charge in [0.05, 0.1) is 11.3 Å². The van der Waals surface area contributed by atoms with Crippen LogP contribution < -0.4 is 10.6 Å². The number of carbonyl (C=O) groups is 2. The number of likely N-dealkylation sites (tertiary alicyclic amines) is 1. The number of piperidine rings is 1. The molecule has 0 atom stereocenters. The molecule has 0 unspecified atom stereocenters. The topological polar surface area (TPSA) is 79.3 Å². The van der Waals surface area contributed by atoms with Crippen LogP contribution in [-0.2, 0) is 0 Å². The van der Waals surface area contributed by atoms with E-state index in [2.05, 4.69) is 10.6 Å². The second kappa shape index (κ2) is 11.0. The molecule has 2 fully saturated rings. The molecule has 3 aromatic rings. The van der Waals surface area contributed by atoms with Crippen molar-refractivity contribution in [2.75, 3.05) is 13.1 Å². The summed E-state index contributed by atoms with van der Waals surface area (Å²) in [6, 6.07) is 18.2. The van der Waals surface area contributed by atoms with Crippen molar-refractivity contribution in [1.29, 1.82) is 0 Å². The molecule has 7 nitrogen and oxygen atoms in total. The number of urea groups is 1. The van der Waals surface area contributed by atoms with Gasteiger partial charge in [-0.25, -0.2) is 9.48 Å². The van der Waals surface area contributed by atoms with Gasteiger partial charge in [-0.15, -0.1) is 0 Å². The Morgan fingerprint density at radius 3 is 2.17 bits per heavy atom. The molecule has 1 aromatic heterocycles. The predicted molar refractivity (Wildman–Crippen MR) is 141 cm³/mol. The normalized spacial score (nSPS) is 17.1. The highest BCUT2D eigenvalue weighted by molar-refractivity contribution is 6.00. The number of rotatable bonds is 5. The third kappa shape index (κ3) is 5.45. The van der Waals surface area contributed by atoms with Gasteiger partial charge in [0.1, 0.15) is 5.69 Å². The minimum absolute atomic E-state index is 0.0134. The summed E-state index contributed by atoms with van der Waals surface area (Å²) in [5.41, 5.74) is 4.27. The summed E-state index contributed by atoms with van der Waals surface area (Å²) in [4.78, 5) is 28.1. The number of hydrogen-bond acceptors (Lipinski definition) is 3. The number of amides is 3. The van der Waals surface area contributed by atoms with E-state index < -0.39 is 0 Å². The molecule has 2 aromatic carbocycles. The fourth-order valence-corrected chi connectivity index (χ4v) is 5.34. The molecule has 36 heavy (non-hydrogen) atoms. The van der Waals surface area contributed by atoms with E-state index in [1.165, 1.54) is 19.3 Å². The van der Waals surface area contributed by atoms with Crippen LogP contribution >= 0.6 is 0 Å². The van der Waals surface area contributed by atoms with Crippen molar-refractivity contribution in [3.63, 3.8) is 0 Å². The maximum absolute atomic E-state index is 13.7. The molecule has 0 radical (unpaired) electrons. The Hall–Kier alpha value is -3.61. The van der Waals surface area contributed by atoms with E-state index in [9.17, 15) is 9.59 Å². The van der Waals surface area contributed by atoms with Crippen molar-refractivity contribution in [2.24, 2.45) is 0 Å². The minimum Gasteiger partial charge on any atom is -0.338 e. The first kappa shape index (κ1) is 24.1. The van der Waals surface area contributed by atoms with Crippen LogP contribution in [0.1, 0.15) is 60.9 Å². The van der Waals surface area contributed by atoms with E-state index in [-0.39, 0.29) is 18.0 Å². The average Bonchev–Trinajstić information content (AvgIpc) is 3.35. The number of hydrogen-bond donors (Lipinski definition) is 2. The molecule has 188 valence electrons. The second-order valence-corrected chi connectivity index (χ2v) is 10.0. The molecule has 1 aliphatic heterocycles. The lowest BCUT2D eigenvalue weighted by Gasteiger charge is -2.33. The van der Waals surface area contributed by atoms with Gasteiger partial charge in [-0.05, 0) is 50.3 Å². The van der Waals surface area contributed by atoms with Crippen molar-refractivity contribution in [3.8, 4) is 16.9 Å². The van der Waals surface area contributed by atoms with Gasteiger partial charge < -0.3 is 15.5 Å². The van der Waals surface area contributed by atoms with Crippen LogP contribution in [0.15, 0.2) is 60.8 Å². The summed E-state index contributed by atoms with van der Waals surface area (Å²) in [7, 11) is 0. The van der Waals surface area contributed by atoms with Crippen LogP contribution in [0.2, 0.25) is 0 Å². The highest BCUT2D eigenvalue weighted by Crippen LogP contribution is 2.28. The van der Waals surface area contributed by atoms with E-state index in [0.29, 0.717) is 30.4 Å². The largest absolute Gasteiger partial charge is 0.338 e. The second-order valence-electron chi connectivity index (χ2n) is 10.0. The lowest BCUT2D eigenvalue weighted by atomic mass is 9.96. The van der Waals surface area contributed by atoms with Crippen LogP contribution in [0.25, 0.3) is 16.9 Å². The molecule has 2 aliphatic rings. The molecular formula is C29H35N5O2. The Kier molecular flexibility index (Phi) is 7.35. The molecule has 1 saturated carbocycles. The molecule has 2 N–H and O–H groups in total. The van der Waals surface area contributed by atoms with E-state index >= 15 is 0 Å². The number of aryl methyl sites for hydroxylation is 1. The molecule has 1 saturated heterocycles. The van der Waals surface area contributed by atoms with Crippen LogP contribution in [0, 0.1) is 6.92 Å². The highest BCUT2D eigenvalue weighted by Gasteiger charge is 2.29. The molecule has 0 bridgehead atoms. The van der Waals surface area contributed by atoms with Crippen LogP contribution in [0.5, 0.6) is 0 Å². The molecule has 2 heterocycles. The average molecular weight is 486 g/mol. The molecule has 1 aliphatic carbocycles. The predicted octanol–water partition coefficient (Wildman–Crippen LogP) is 5.08. The van der Waals surface area contributed by atoms with Gasteiger partial charge in [0, 0.05) is 36.9 Å². The monoisotopic (exact) mass is 485 g/mol.